The standard InChI is InChI=1S/C19H20FN3O4S/c1-27-12-19(24)23-18(15-8-3-4-9-16(15)20)11-17(21-23)13-6-5-7-14(10-13)22-28(2,25)26/h3-10,18,22H,11-12H2,1-2H3/t18-/m1/s1. The van der Waals surface area contributed by atoms with Crippen LogP contribution >= 0.6 is 0 Å². The fourth-order valence-electron chi connectivity index (χ4n) is 3.07. The van der Waals surface area contributed by atoms with E-state index in [2.05, 4.69) is 9.82 Å². The maximum absolute atomic E-state index is 14.3. The van der Waals surface area contributed by atoms with Crippen molar-refractivity contribution in [1.29, 1.82) is 0 Å². The lowest BCUT2D eigenvalue weighted by Crippen LogP contribution is -2.30. The second-order valence-corrected chi connectivity index (χ2v) is 8.16. The van der Waals surface area contributed by atoms with Gasteiger partial charge in [-0.3, -0.25) is 9.52 Å². The number of benzene rings is 2. The number of carbonyl (C=O) groups is 1. The highest BCUT2D eigenvalue weighted by molar-refractivity contribution is 7.92. The van der Waals surface area contributed by atoms with Crippen LogP contribution in [0.4, 0.5) is 10.1 Å². The van der Waals surface area contributed by atoms with Crippen molar-refractivity contribution in [1.82, 2.24) is 5.01 Å². The lowest BCUT2D eigenvalue weighted by atomic mass is 9.98. The monoisotopic (exact) mass is 405 g/mol. The Morgan fingerprint density at radius 2 is 2.04 bits per heavy atom. The van der Waals surface area contributed by atoms with Crippen molar-refractivity contribution >= 4 is 27.3 Å². The van der Waals surface area contributed by atoms with Crippen LogP contribution in [0.2, 0.25) is 0 Å². The summed E-state index contributed by atoms with van der Waals surface area (Å²) < 4.78 is 44.6. The maximum Gasteiger partial charge on any atom is 0.269 e. The number of nitrogens with one attached hydrogen (secondary N) is 1. The van der Waals surface area contributed by atoms with Crippen LogP contribution in [0, 0.1) is 5.82 Å². The first-order chi connectivity index (χ1) is 13.3. The average Bonchev–Trinajstić information content (AvgIpc) is 3.06. The molecule has 3 rings (SSSR count). The lowest BCUT2D eigenvalue weighted by molar-refractivity contribution is -0.137. The molecule has 0 spiro atoms. The average molecular weight is 405 g/mol. The number of rotatable bonds is 6. The smallest absolute Gasteiger partial charge is 0.269 e. The summed E-state index contributed by atoms with van der Waals surface area (Å²) in [4.78, 5) is 12.5. The fourth-order valence-corrected chi connectivity index (χ4v) is 3.62. The topological polar surface area (TPSA) is 88.1 Å². The Kier molecular flexibility index (Phi) is 5.76. The van der Waals surface area contributed by atoms with E-state index in [4.69, 9.17) is 4.74 Å². The maximum atomic E-state index is 14.3. The first kappa shape index (κ1) is 20.0. The minimum absolute atomic E-state index is 0.183. The van der Waals surface area contributed by atoms with E-state index >= 15 is 0 Å². The van der Waals surface area contributed by atoms with Gasteiger partial charge in [0.25, 0.3) is 5.91 Å². The number of ether oxygens (including phenoxy) is 1. The molecule has 9 heteroatoms. The minimum atomic E-state index is -3.43. The van der Waals surface area contributed by atoms with E-state index in [1.807, 2.05) is 0 Å². The van der Waals surface area contributed by atoms with E-state index in [9.17, 15) is 17.6 Å². The van der Waals surface area contributed by atoms with Gasteiger partial charge >= 0.3 is 0 Å². The van der Waals surface area contributed by atoms with Gasteiger partial charge in [-0.1, -0.05) is 30.3 Å². The summed E-state index contributed by atoms with van der Waals surface area (Å²) in [6.07, 6.45) is 1.35. The number of carbonyl (C=O) groups excluding carboxylic acids is 1. The van der Waals surface area contributed by atoms with Gasteiger partial charge in [-0.15, -0.1) is 0 Å². The highest BCUT2D eigenvalue weighted by atomic mass is 32.2. The molecule has 28 heavy (non-hydrogen) atoms. The molecule has 0 aliphatic carbocycles. The minimum Gasteiger partial charge on any atom is -0.375 e. The van der Waals surface area contributed by atoms with Crippen LogP contribution in [-0.4, -0.2) is 45.0 Å². The molecule has 1 N–H and O–H groups in total. The van der Waals surface area contributed by atoms with Crippen molar-refractivity contribution in [3.63, 3.8) is 0 Å². The molecule has 2 aromatic rings. The molecular weight excluding hydrogens is 385 g/mol. The molecule has 0 saturated carbocycles. The molecule has 0 saturated heterocycles. The van der Waals surface area contributed by atoms with Crippen molar-refractivity contribution in [2.75, 3.05) is 24.7 Å². The second kappa shape index (κ2) is 8.07. The second-order valence-electron chi connectivity index (χ2n) is 6.41. The number of anilines is 1. The van der Waals surface area contributed by atoms with Crippen LogP contribution in [-0.2, 0) is 19.6 Å². The molecule has 0 aromatic heterocycles. The van der Waals surface area contributed by atoms with E-state index in [0.717, 1.165) is 6.26 Å². The van der Waals surface area contributed by atoms with Gasteiger partial charge in [-0.25, -0.2) is 17.8 Å². The van der Waals surface area contributed by atoms with Crippen molar-refractivity contribution in [2.45, 2.75) is 12.5 Å². The predicted octanol–water partition coefficient (Wildman–Crippen LogP) is 2.52. The van der Waals surface area contributed by atoms with E-state index in [1.165, 1.54) is 18.2 Å². The van der Waals surface area contributed by atoms with Gasteiger partial charge in [0.15, 0.2) is 0 Å². The lowest BCUT2D eigenvalue weighted by Gasteiger charge is -2.22. The predicted molar refractivity (Wildman–Crippen MR) is 104 cm³/mol. The van der Waals surface area contributed by atoms with Crippen molar-refractivity contribution < 1.29 is 22.3 Å². The van der Waals surface area contributed by atoms with E-state index in [-0.39, 0.29) is 6.61 Å². The largest absolute Gasteiger partial charge is 0.375 e. The number of halogens is 1. The zero-order valence-electron chi connectivity index (χ0n) is 15.4. The molecule has 1 atom stereocenters. The van der Waals surface area contributed by atoms with Gasteiger partial charge in [-0.05, 0) is 23.8 Å². The molecule has 2 aromatic carbocycles. The SMILES string of the molecule is COCC(=O)N1N=C(c2cccc(NS(C)(=O)=O)c2)C[C@@H]1c1ccccc1F. The normalized spacial score (nSPS) is 16.8. The highest BCUT2D eigenvalue weighted by Crippen LogP contribution is 2.34. The summed E-state index contributed by atoms with van der Waals surface area (Å²) in [6, 6.07) is 12.3. The molecule has 148 valence electrons. The molecule has 0 radical (unpaired) electrons. The summed E-state index contributed by atoms with van der Waals surface area (Å²) in [5.74, 6) is -0.817. The summed E-state index contributed by atoms with van der Waals surface area (Å²) in [6.45, 7) is -0.183. The Labute approximate surface area is 162 Å². The molecule has 1 heterocycles. The summed E-state index contributed by atoms with van der Waals surface area (Å²) >= 11 is 0. The highest BCUT2D eigenvalue weighted by Gasteiger charge is 2.34. The first-order valence-corrected chi connectivity index (χ1v) is 10.4. The molecule has 0 fully saturated rings. The Hall–Kier alpha value is -2.78. The van der Waals surface area contributed by atoms with Gasteiger partial charge in [0.2, 0.25) is 10.0 Å². The molecular formula is C19H20FN3O4S. The van der Waals surface area contributed by atoms with Gasteiger partial charge in [0.05, 0.1) is 18.0 Å². The third-order valence-electron chi connectivity index (χ3n) is 4.20. The molecule has 7 nitrogen and oxygen atoms in total. The number of methoxy groups -OCH3 is 1. The Morgan fingerprint density at radius 3 is 2.71 bits per heavy atom. The molecule has 1 aliphatic heterocycles. The Bertz CT molecular complexity index is 1020. The number of amides is 1. The molecule has 1 aliphatic rings. The Balaban J connectivity index is 1.96. The third kappa shape index (κ3) is 4.55. The molecule has 0 bridgehead atoms. The summed E-state index contributed by atoms with van der Waals surface area (Å²) in [5, 5.41) is 5.62. The zero-order valence-corrected chi connectivity index (χ0v) is 16.2. The number of hydrazone groups is 1. The van der Waals surface area contributed by atoms with Crippen LogP contribution in [0.25, 0.3) is 0 Å². The number of sulfonamides is 1. The summed E-state index contributed by atoms with van der Waals surface area (Å²) in [5.41, 5.74) is 1.93. The summed E-state index contributed by atoms with van der Waals surface area (Å²) in [7, 11) is -2.03. The van der Waals surface area contributed by atoms with Gasteiger partial charge in [0, 0.05) is 24.8 Å². The van der Waals surface area contributed by atoms with Crippen molar-refractivity contribution in [3.05, 3.63) is 65.5 Å². The molecule has 1 amide bonds. The van der Waals surface area contributed by atoms with E-state index in [1.54, 1.807) is 42.5 Å². The van der Waals surface area contributed by atoms with Crippen molar-refractivity contribution in [2.24, 2.45) is 5.10 Å². The van der Waals surface area contributed by atoms with Gasteiger partial charge < -0.3 is 4.74 Å². The number of nitrogens with zero attached hydrogens (tertiary/aromatic N) is 2. The van der Waals surface area contributed by atoms with Crippen LogP contribution < -0.4 is 4.72 Å². The first-order valence-electron chi connectivity index (χ1n) is 8.49. The van der Waals surface area contributed by atoms with Crippen LogP contribution in [0.1, 0.15) is 23.6 Å². The number of hydrogen-bond donors (Lipinski definition) is 1. The number of hydrogen-bond acceptors (Lipinski definition) is 5. The van der Waals surface area contributed by atoms with Crippen molar-refractivity contribution in [3.8, 4) is 0 Å². The van der Waals surface area contributed by atoms with Crippen LogP contribution in [0.15, 0.2) is 53.6 Å². The quantitative estimate of drug-likeness (QED) is 0.800. The van der Waals surface area contributed by atoms with Gasteiger partial charge in [0.1, 0.15) is 12.4 Å². The van der Waals surface area contributed by atoms with Crippen LogP contribution in [0.5, 0.6) is 0 Å². The van der Waals surface area contributed by atoms with Gasteiger partial charge in [-0.2, -0.15) is 5.10 Å². The zero-order chi connectivity index (χ0) is 20.3. The van der Waals surface area contributed by atoms with E-state index in [0.29, 0.717) is 28.9 Å². The Morgan fingerprint density at radius 1 is 1.29 bits per heavy atom. The van der Waals surface area contributed by atoms with Crippen LogP contribution in [0.3, 0.4) is 0 Å². The molecule has 0 unspecified atom stereocenters. The van der Waals surface area contributed by atoms with E-state index < -0.39 is 27.8 Å². The third-order valence-corrected chi connectivity index (χ3v) is 4.80. The fraction of sp³-hybridized carbons (Fsp3) is 0.263.